The molecule has 1 atom stereocenters. The molecule has 0 saturated carbocycles. The number of nitrogens with zero attached hydrogens (tertiary/aromatic N) is 4. The molecule has 1 N–H and O–H groups in total. The van der Waals surface area contributed by atoms with Gasteiger partial charge in [-0.25, -0.2) is 28.9 Å². The average molecular weight is 658 g/mol. The molecule has 3 aromatic carbocycles. The third kappa shape index (κ3) is 6.92. The zero-order valence-corrected chi connectivity index (χ0v) is 27.1. The molecule has 5 aromatic rings. The molecule has 1 amide bonds. The van der Waals surface area contributed by atoms with Gasteiger partial charge in [0.2, 0.25) is 0 Å². The van der Waals surface area contributed by atoms with E-state index in [2.05, 4.69) is 10.1 Å². The SMILES string of the molecule is CCOC(=O)c1ccccc1OCCNC(=O)c1ccc2nc(C(C)c3nc4cc(OC(=O)OC)ccc4n3C(=O)OCC)n(C)c2c1. The van der Waals surface area contributed by atoms with Gasteiger partial charge >= 0.3 is 18.2 Å². The summed E-state index contributed by atoms with van der Waals surface area (Å²) in [4.78, 5) is 59.5. The molecule has 0 fully saturated rings. The highest BCUT2D eigenvalue weighted by Gasteiger charge is 2.27. The second-order valence-electron chi connectivity index (χ2n) is 10.5. The molecule has 2 heterocycles. The van der Waals surface area contributed by atoms with E-state index >= 15 is 0 Å². The number of aryl methyl sites for hydroxylation is 1. The van der Waals surface area contributed by atoms with Crippen molar-refractivity contribution in [1.82, 2.24) is 24.4 Å². The summed E-state index contributed by atoms with van der Waals surface area (Å²) in [5, 5.41) is 2.84. The number of fused-ring (bicyclic) bond motifs is 2. The summed E-state index contributed by atoms with van der Waals surface area (Å²) in [6, 6.07) is 16.6. The number of nitrogens with one attached hydrogen (secondary N) is 1. The smallest absolute Gasteiger partial charge is 0.491 e. The normalized spacial score (nSPS) is 11.6. The Balaban J connectivity index is 1.35. The largest absolute Gasteiger partial charge is 0.513 e. The average Bonchev–Trinajstić information content (AvgIpc) is 3.63. The van der Waals surface area contributed by atoms with E-state index in [1.807, 2.05) is 18.5 Å². The molecule has 0 saturated heterocycles. The number of rotatable bonds is 11. The Morgan fingerprint density at radius 3 is 2.38 bits per heavy atom. The Labute approximate surface area is 275 Å². The summed E-state index contributed by atoms with van der Waals surface area (Å²) in [6.45, 7) is 6.02. The molecule has 0 aliphatic carbocycles. The monoisotopic (exact) mass is 657 g/mol. The maximum absolute atomic E-state index is 13.1. The molecule has 14 nitrogen and oxygen atoms in total. The molecule has 0 spiro atoms. The molecule has 14 heteroatoms. The van der Waals surface area contributed by atoms with E-state index in [-0.39, 0.29) is 38.0 Å². The van der Waals surface area contributed by atoms with Gasteiger partial charge in [-0.15, -0.1) is 0 Å². The van der Waals surface area contributed by atoms with Crippen LogP contribution in [0.4, 0.5) is 9.59 Å². The van der Waals surface area contributed by atoms with Crippen molar-refractivity contribution >= 4 is 46.2 Å². The van der Waals surface area contributed by atoms with E-state index in [1.165, 1.54) is 23.8 Å². The zero-order chi connectivity index (χ0) is 34.4. The molecule has 0 aliphatic heterocycles. The fraction of sp³-hybridized carbons (Fsp3) is 0.294. The Kier molecular flexibility index (Phi) is 10.2. The number of hydrogen-bond acceptors (Lipinski definition) is 11. The summed E-state index contributed by atoms with van der Waals surface area (Å²) in [5.41, 5.74) is 2.91. The molecule has 0 aliphatic rings. The minimum atomic E-state index is -0.884. The van der Waals surface area contributed by atoms with Crippen LogP contribution in [-0.4, -0.2) is 76.7 Å². The summed E-state index contributed by atoms with van der Waals surface area (Å²) in [5.74, 6) is 0.217. The highest BCUT2D eigenvalue weighted by Crippen LogP contribution is 2.31. The van der Waals surface area contributed by atoms with E-state index in [0.717, 1.165) is 0 Å². The first-order chi connectivity index (χ1) is 23.2. The van der Waals surface area contributed by atoms with Crippen molar-refractivity contribution in [2.24, 2.45) is 7.05 Å². The predicted octanol–water partition coefficient (Wildman–Crippen LogP) is 5.21. The first-order valence-corrected chi connectivity index (χ1v) is 15.3. The van der Waals surface area contributed by atoms with Crippen LogP contribution in [0.15, 0.2) is 60.7 Å². The van der Waals surface area contributed by atoms with Gasteiger partial charge in [0, 0.05) is 18.7 Å². The number of ether oxygens (including phenoxy) is 5. The zero-order valence-electron chi connectivity index (χ0n) is 27.1. The summed E-state index contributed by atoms with van der Waals surface area (Å²) in [6.07, 6.45) is -1.50. The number of carbonyl (C=O) groups is 4. The topological polar surface area (TPSA) is 162 Å². The van der Waals surface area contributed by atoms with Crippen LogP contribution in [0.2, 0.25) is 0 Å². The lowest BCUT2D eigenvalue weighted by Crippen LogP contribution is -2.28. The molecule has 48 heavy (non-hydrogen) atoms. The Hall–Kier alpha value is -5.92. The van der Waals surface area contributed by atoms with Crippen molar-refractivity contribution in [2.75, 3.05) is 33.5 Å². The number of para-hydroxylation sites is 1. The third-order valence-corrected chi connectivity index (χ3v) is 7.45. The second kappa shape index (κ2) is 14.7. The molecule has 2 aromatic heterocycles. The number of imidazole rings is 2. The van der Waals surface area contributed by atoms with Gasteiger partial charge in [0.1, 0.15) is 35.3 Å². The highest BCUT2D eigenvalue weighted by atomic mass is 16.7. The van der Waals surface area contributed by atoms with E-state index in [4.69, 9.17) is 28.9 Å². The lowest BCUT2D eigenvalue weighted by atomic mass is 10.1. The number of esters is 1. The number of aromatic nitrogens is 4. The summed E-state index contributed by atoms with van der Waals surface area (Å²) in [7, 11) is 3.02. The summed E-state index contributed by atoms with van der Waals surface area (Å²) >= 11 is 0. The van der Waals surface area contributed by atoms with Crippen molar-refractivity contribution in [1.29, 1.82) is 0 Å². The van der Waals surface area contributed by atoms with Gasteiger partial charge in [-0.3, -0.25) is 4.79 Å². The molecular weight excluding hydrogens is 622 g/mol. The minimum Gasteiger partial charge on any atom is -0.491 e. The Morgan fingerprint density at radius 1 is 0.875 bits per heavy atom. The van der Waals surface area contributed by atoms with Gasteiger partial charge in [-0.2, -0.15) is 0 Å². The van der Waals surface area contributed by atoms with Crippen LogP contribution >= 0.6 is 0 Å². The van der Waals surface area contributed by atoms with Crippen molar-refractivity contribution in [3.8, 4) is 11.5 Å². The molecule has 1 unspecified atom stereocenters. The Morgan fingerprint density at radius 2 is 1.62 bits per heavy atom. The fourth-order valence-electron chi connectivity index (χ4n) is 5.20. The van der Waals surface area contributed by atoms with E-state index in [9.17, 15) is 19.2 Å². The van der Waals surface area contributed by atoms with Gasteiger partial charge < -0.3 is 33.6 Å². The number of amides is 1. The van der Waals surface area contributed by atoms with Crippen molar-refractivity contribution in [3.63, 3.8) is 0 Å². The van der Waals surface area contributed by atoms with Crippen LogP contribution in [-0.2, 0) is 21.3 Å². The first-order valence-electron chi connectivity index (χ1n) is 15.3. The quantitative estimate of drug-likeness (QED) is 0.0859. The molecule has 250 valence electrons. The summed E-state index contributed by atoms with van der Waals surface area (Å²) < 4.78 is 29.1. The predicted molar refractivity (Wildman–Crippen MR) is 174 cm³/mol. The standard InChI is InChI=1S/C34H35N5O9/c1-6-45-32(41)23-10-8-9-11-28(23)47-17-16-35-31(40)21-12-14-24-27(18-21)38(4)29(36-24)20(3)30-37-25-19-22(48-34(43)44-5)13-15-26(25)39(30)33(42)46-7-2/h8-15,18-20H,6-7,16-17H2,1-5H3,(H,35,40). The van der Waals surface area contributed by atoms with Gasteiger partial charge in [-0.1, -0.05) is 12.1 Å². The van der Waals surface area contributed by atoms with Gasteiger partial charge in [0.25, 0.3) is 5.91 Å². The van der Waals surface area contributed by atoms with Crippen LogP contribution in [0, 0.1) is 0 Å². The van der Waals surface area contributed by atoms with Gasteiger partial charge in [-0.05, 0) is 63.2 Å². The maximum Gasteiger partial charge on any atom is 0.513 e. The number of carbonyl (C=O) groups excluding carboxylic acids is 4. The second-order valence-corrected chi connectivity index (χ2v) is 10.5. The van der Waals surface area contributed by atoms with Crippen LogP contribution in [0.1, 0.15) is 59.1 Å². The van der Waals surface area contributed by atoms with E-state index in [0.29, 0.717) is 50.6 Å². The molecule has 5 rings (SSSR count). The molecule has 0 radical (unpaired) electrons. The van der Waals surface area contributed by atoms with Crippen LogP contribution in [0.25, 0.3) is 22.1 Å². The van der Waals surface area contributed by atoms with E-state index < -0.39 is 24.1 Å². The number of methoxy groups -OCH3 is 1. The van der Waals surface area contributed by atoms with E-state index in [1.54, 1.807) is 62.4 Å². The van der Waals surface area contributed by atoms with Gasteiger partial charge in [0.05, 0.1) is 54.9 Å². The van der Waals surface area contributed by atoms with Crippen molar-refractivity contribution < 1.29 is 42.9 Å². The molecular formula is C34H35N5O9. The van der Waals surface area contributed by atoms with Crippen LogP contribution in [0.5, 0.6) is 11.5 Å². The van der Waals surface area contributed by atoms with Crippen molar-refractivity contribution in [2.45, 2.75) is 26.7 Å². The fourth-order valence-corrected chi connectivity index (χ4v) is 5.20. The van der Waals surface area contributed by atoms with Crippen molar-refractivity contribution in [3.05, 3.63) is 83.4 Å². The lowest BCUT2D eigenvalue weighted by Gasteiger charge is -2.14. The maximum atomic E-state index is 13.1. The highest BCUT2D eigenvalue weighted by molar-refractivity contribution is 5.97. The first kappa shape index (κ1) is 33.4. The number of benzene rings is 3. The van der Waals surface area contributed by atoms with Crippen LogP contribution in [0.3, 0.4) is 0 Å². The Bertz CT molecular complexity index is 2000. The van der Waals surface area contributed by atoms with Gasteiger partial charge in [0.15, 0.2) is 0 Å². The molecule has 0 bridgehead atoms. The minimum absolute atomic E-state index is 0.134. The number of hydrogen-bond donors (Lipinski definition) is 1. The third-order valence-electron chi connectivity index (χ3n) is 7.45. The van der Waals surface area contributed by atoms with Crippen LogP contribution < -0.4 is 14.8 Å². The lowest BCUT2D eigenvalue weighted by molar-refractivity contribution is 0.0521.